The monoisotopic (exact) mass is 228 g/mol. The summed E-state index contributed by atoms with van der Waals surface area (Å²) >= 11 is 0. The Bertz CT molecular complexity index is 241. The zero-order chi connectivity index (χ0) is 12.3. The van der Waals surface area contributed by atoms with Gasteiger partial charge in [-0.2, -0.15) is 0 Å². The van der Waals surface area contributed by atoms with E-state index in [4.69, 9.17) is 5.11 Å². The van der Waals surface area contributed by atoms with Crippen LogP contribution in [0.15, 0.2) is 0 Å². The fourth-order valence-electron chi connectivity index (χ4n) is 2.12. The van der Waals surface area contributed by atoms with Crippen LogP contribution in [0.1, 0.15) is 26.7 Å². The van der Waals surface area contributed by atoms with Crippen molar-refractivity contribution in [3.8, 4) is 0 Å². The number of hydrogen-bond donors (Lipinski definition) is 2. The molecule has 1 rings (SSSR count). The number of carboxylic acids is 1. The van der Waals surface area contributed by atoms with Crippen LogP contribution in [0.5, 0.6) is 0 Å². The third-order valence-corrected chi connectivity index (χ3v) is 3.39. The van der Waals surface area contributed by atoms with Gasteiger partial charge in [-0.3, -0.25) is 4.79 Å². The zero-order valence-electron chi connectivity index (χ0n) is 10.7. The maximum atomic E-state index is 10.9. The van der Waals surface area contributed by atoms with Gasteiger partial charge in [0.1, 0.15) is 0 Å². The van der Waals surface area contributed by atoms with Crippen molar-refractivity contribution < 1.29 is 9.90 Å². The molecule has 4 heteroatoms. The van der Waals surface area contributed by atoms with Crippen molar-refractivity contribution >= 4 is 5.97 Å². The molecule has 3 unspecified atom stereocenters. The van der Waals surface area contributed by atoms with E-state index in [0.29, 0.717) is 12.0 Å². The van der Waals surface area contributed by atoms with E-state index >= 15 is 0 Å². The van der Waals surface area contributed by atoms with Crippen molar-refractivity contribution in [2.75, 3.05) is 20.6 Å². The highest BCUT2D eigenvalue weighted by atomic mass is 16.4. The minimum atomic E-state index is -0.656. The Balaban J connectivity index is 2.46. The van der Waals surface area contributed by atoms with Crippen LogP contribution in [0, 0.1) is 11.8 Å². The molecule has 0 aliphatic heterocycles. The number of carboxylic acid groups (broad SMARTS) is 1. The molecule has 0 bridgehead atoms. The quantitative estimate of drug-likeness (QED) is 0.713. The van der Waals surface area contributed by atoms with Crippen molar-refractivity contribution in [3.05, 3.63) is 0 Å². The van der Waals surface area contributed by atoms with Gasteiger partial charge in [0.15, 0.2) is 0 Å². The van der Waals surface area contributed by atoms with Gasteiger partial charge in [-0.25, -0.2) is 0 Å². The van der Waals surface area contributed by atoms with Gasteiger partial charge in [0, 0.05) is 18.6 Å². The van der Waals surface area contributed by atoms with Gasteiger partial charge < -0.3 is 15.3 Å². The predicted octanol–water partition coefficient (Wildman–Crippen LogP) is 1.03. The molecule has 3 atom stereocenters. The Morgan fingerprint density at radius 2 is 2.06 bits per heavy atom. The average molecular weight is 228 g/mol. The summed E-state index contributed by atoms with van der Waals surface area (Å²) in [7, 11) is 4.10. The first-order valence-electron chi connectivity index (χ1n) is 6.05. The lowest BCUT2D eigenvalue weighted by atomic mass is 9.78. The van der Waals surface area contributed by atoms with E-state index in [1.807, 2.05) is 14.1 Å². The second-order valence-electron chi connectivity index (χ2n) is 5.41. The topological polar surface area (TPSA) is 52.6 Å². The van der Waals surface area contributed by atoms with Crippen LogP contribution in [-0.4, -0.2) is 48.7 Å². The summed E-state index contributed by atoms with van der Waals surface area (Å²) in [6.45, 7) is 5.31. The number of nitrogens with one attached hydrogen (secondary N) is 1. The first kappa shape index (κ1) is 13.5. The van der Waals surface area contributed by atoms with Crippen LogP contribution in [-0.2, 0) is 4.79 Å². The van der Waals surface area contributed by atoms with Crippen molar-refractivity contribution in [2.45, 2.75) is 38.8 Å². The van der Waals surface area contributed by atoms with Gasteiger partial charge in [0.25, 0.3) is 0 Å². The minimum absolute atomic E-state index is 0.171. The Morgan fingerprint density at radius 1 is 1.44 bits per heavy atom. The lowest BCUT2D eigenvalue weighted by Gasteiger charge is -2.39. The van der Waals surface area contributed by atoms with Crippen LogP contribution in [0.3, 0.4) is 0 Å². The van der Waals surface area contributed by atoms with Crippen molar-refractivity contribution in [2.24, 2.45) is 11.8 Å². The third kappa shape index (κ3) is 3.46. The molecule has 4 nitrogen and oxygen atoms in total. The lowest BCUT2D eigenvalue weighted by Crippen LogP contribution is -2.55. The van der Waals surface area contributed by atoms with E-state index in [0.717, 1.165) is 19.4 Å². The van der Waals surface area contributed by atoms with Gasteiger partial charge >= 0.3 is 5.97 Å². The van der Waals surface area contributed by atoms with E-state index in [2.05, 4.69) is 24.1 Å². The molecular weight excluding hydrogens is 204 g/mol. The van der Waals surface area contributed by atoms with Crippen molar-refractivity contribution in [3.63, 3.8) is 0 Å². The Hall–Kier alpha value is -0.610. The normalized spacial score (nSPS) is 26.9. The summed E-state index contributed by atoms with van der Waals surface area (Å²) in [5.74, 6) is -0.308. The van der Waals surface area contributed by atoms with Gasteiger partial charge in [0.05, 0.1) is 5.92 Å². The molecule has 0 amide bonds. The summed E-state index contributed by atoms with van der Waals surface area (Å²) in [6, 6.07) is 0.548. The van der Waals surface area contributed by atoms with Crippen LogP contribution in [0.2, 0.25) is 0 Å². The van der Waals surface area contributed by atoms with E-state index in [1.54, 1.807) is 0 Å². The average Bonchev–Trinajstić information content (AvgIpc) is 2.07. The fraction of sp³-hybridized carbons (Fsp3) is 0.917. The van der Waals surface area contributed by atoms with Gasteiger partial charge in [-0.15, -0.1) is 0 Å². The SMILES string of the molecule is CC(C)C(CN(C)C)NC1CCC1C(=O)O. The van der Waals surface area contributed by atoms with E-state index in [9.17, 15) is 4.79 Å². The molecule has 0 saturated heterocycles. The summed E-state index contributed by atoms with van der Waals surface area (Å²) in [4.78, 5) is 13.1. The molecule has 0 aromatic carbocycles. The molecule has 1 aliphatic carbocycles. The highest BCUT2D eigenvalue weighted by Crippen LogP contribution is 2.28. The number of nitrogens with zero attached hydrogens (tertiary/aromatic N) is 1. The van der Waals surface area contributed by atoms with Crippen molar-refractivity contribution in [1.29, 1.82) is 0 Å². The number of aliphatic carboxylic acids is 1. The Kier molecular flexibility index (Phi) is 4.74. The Morgan fingerprint density at radius 3 is 2.38 bits per heavy atom. The Labute approximate surface area is 98.0 Å². The first-order valence-corrected chi connectivity index (χ1v) is 6.05. The molecule has 0 aromatic heterocycles. The molecule has 1 fully saturated rings. The summed E-state index contributed by atoms with van der Waals surface area (Å²) in [5, 5.41) is 12.5. The smallest absolute Gasteiger partial charge is 0.308 e. The number of hydrogen-bond acceptors (Lipinski definition) is 3. The van der Waals surface area contributed by atoms with Crippen molar-refractivity contribution in [1.82, 2.24) is 10.2 Å². The largest absolute Gasteiger partial charge is 0.481 e. The van der Waals surface area contributed by atoms with E-state index in [1.165, 1.54) is 0 Å². The van der Waals surface area contributed by atoms with Gasteiger partial charge in [0.2, 0.25) is 0 Å². The highest BCUT2D eigenvalue weighted by Gasteiger charge is 2.37. The molecule has 2 N–H and O–H groups in total. The third-order valence-electron chi connectivity index (χ3n) is 3.39. The second kappa shape index (κ2) is 5.64. The molecule has 0 heterocycles. The fourth-order valence-corrected chi connectivity index (χ4v) is 2.12. The van der Waals surface area contributed by atoms with Crippen LogP contribution >= 0.6 is 0 Å². The van der Waals surface area contributed by atoms with Crippen LogP contribution in [0.4, 0.5) is 0 Å². The molecule has 0 spiro atoms. The minimum Gasteiger partial charge on any atom is -0.481 e. The summed E-state index contributed by atoms with van der Waals surface area (Å²) in [6.07, 6.45) is 1.81. The molecule has 1 saturated carbocycles. The summed E-state index contributed by atoms with van der Waals surface area (Å²) in [5.41, 5.74) is 0. The maximum Gasteiger partial charge on any atom is 0.308 e. The number of rotatable bonds is 6. The maximum absolute atomic E-state index is 10.9. The van der Waals surface area contributed by atoms with E-state index < -0.39 is 5.97 Å². The molecule has 0 aromatic rings. The van der Waals surface area contributed by atoms with Crippen LogP contribution in [0.25, 0.3) is 0 Å². The molecule has 16 heavy (non-hydrogen) atoms. The molecule has 0 radical (unpaired) electrons. The predicted molar refractivity (Wildman–Crippen MR) is 64.5 cm³/mol. The summed E-state index contributed by atoms with van der Waals surface area (Å²) < 4.78 is 0. The number of likely N-dealkylation sites (N-methyl/N-ethyl adjacent to an activating group) is 1. The number of carbonyl (C=O) groups is 1. The lowest BCUT2D eigenvalue weighted by molar-refractivity contribution is -0.146. The second-order valence-corrected chi connectivity index (χ2v) is 5.41. The standard InChI is InChI=1S/C12H24N2O2/c1-8(2)11(7-14(3)4)13-10-6-5-9(10)12(15)16/h8-11,13H,5-7H2,1-4H3,(H,15,16). The van der Waals surface area contributed by atoms with E-state index in [-0.39, 0.29) is 12.0 Å². The highest BCUT2D eigenvalue weighted by molar-refractivity contribution is 5.72. The van der Waals surface area contributed by atoms with Gasteiger partial charge in [-0.05, 0) is 32.9 Å². The van der Waals surface area contributed by atoms with Gasteiger partial charge in [-0.1, -0.05) is 13.8 Å². The zero-order valence-corrected chi connectivity index (χ0v) is 10.7. The molecule has 94 valence electrons. The first-order chi connectivity index (χ1) is 7.41. The molecular formula is C12H24N2O2. The molecule has 1 aliphatic rings. The van der Waals surface area contributed by atoms with Crippen LogP contribution < -0.4 is 5.32 Å².